The summed E-state index contributed by atoms with van der Waals surface area (Å²) in [7, 11) is 0. The number of para-hydroxylation sites is 2. The highest BCUT2D eigenvalue weighted by Gasteiger charge is 2.29. The number of carbonyl (C=O) groups is 1. The van der Waals surface area contributed by atoms with Crippen LogP contribution >= 0.6 is 0 Å². The maximum atomic E-state index is 12.5. The van der Waals surface area contributed by atoms with Crippen molar-refractivity contribution in [3.8, 4) is 0 Å². The van der Waals surface area contributed by atoms with Gasteiger partial charge in [-0.15, -0.1) is 0 Å². The monoisotopic (exact) mass is 318 g/mol. The van der Waals surface area contributed by atoms with Crippen LogP contribution in [0.2, 0.25) is 0 Å². The molecule has 6 nitrogen and oxygen atoms in total. The Hall–Kier alpha value is -2.08. The highest BCUT2D eigenvalue weighted by Crippen LogP contribution is 2.22. The molecule has 2 heterocycles. The summed E-state index contributed by atoms with van der Waals surface area (Å²) in [5, 5.41) is 9.55. The molecule has 1 fully saturated rings. The Bertz CT molecular complexity index is 746. The number of likely N-dealkylation sites (tertiary alicyclic amines) is 1. The van der Waals surface area contributed by atoms with Crippen molar-refractivity contribution in [3.05, 3.63) is 34.8 Å². The molecule has 2 atom stereocenters. The lowest BCUT2D eigenvalue weighted by molar-refractivity contribution is -0.132. The third kappa shape index (κ3) is 3.32. The predicted molar refractivity (Wildman–Crippen MR) is 86.1 cm³/mol. The van der Waals surface area contributed by atoms with Gasteiger partial charge < -0.3 is 14.4 Å². The van der Waals surface area contributed by atoms with Crippen LogP contribution in [0.3, 0.4) is 0 Å². The lowest BCUT2D eigenvalue weighted by Crippen LogP contribution is -2.37. The van der Waals surface area contributed by atoms with E-state index in [9.17, 15) is 14.7 Å². The summed E-state index contributed by atoms with van der Waals surface area (Å²) in [6, 6.07) is 7.33. The number of hydrogen-bond acceptors (Lipinski definition) is 4. The summed E-state index contributed by atoms with van der Waals surface area (Å²) in [5.74, 6) is -0.397. The SMILES string of the molecule is CC(O)CC1CCCN1C(=O)CCn1c(=O)oc2ccccc21. The molecule has 1 aliphatic heterocycles. The van der Waals surface area contributed by atoms with Gasteiger partial charge in [-0.2, -0.15) is 0 Å². The maximum Gasteiger partial charge on any atom is 0.419 e. The van der Waals surface area contributed by atoms with Crippen molar-refractivity contribution >= 4 is 17.0 Å². The zero-order valence-corrected chi connectivity index (χ0v) is 13.3. The first kappa shape index (κ1) is 15.8. The molecule has 0 spiro atoms. The zero-order valence-electron chi connectivity index (χ0n) is 13.3. The number of aliphatic hydroxyl groups excluding tert-OH is 1. The Labute approximate surface area is 134 Å². The average Bonchev–Trinajstić information content (AvgIpc) is 3.08. The molecular formula is C17H22N2O4. The Morgan fingerprint density at radius 1 is 1.43 bits per heavy atom. The lowest BCUT2D eigenvalue weighted by atomic mass is 10.1. The number of oxazole rings is 1. The Morgan fingerprint density at radius 3 is 3.00 bits per heavy atom. The van der Waals surface area contributed by atoms with Crippen molar-refractivity contribution < 1.29 is 14.3 Å². The van der Waals surface area contributed by atoms with E-state index in [4.69, 9.17) is 4.42 Å². The van der Waals surface area contributed by atoms with Gasteiger partial charge in [0.05, 0.1) is 11.6 Å². The van der Waals surface area contributed by atoms with Gasteiger partial charge in [0.25, 0.3) is 0 Å². The summed E-state index contributed by atoms with van der Waals surface area (Å²) in [4.78, 5) is 26.2. The van der Waals surface area contributed by atoms with Gasteiger partial charge in [0.1, 0.15) is 0 Å². The van der Waals surface area contributed by atoms with Crippen LogP contribution in [0, 0.1) is 0 Å². The van der Waals surface area contributed by atoms with Gasteiger partial charge in [-0.25, -0.2) is 4.79 Å². The molecule has 23 heavy (non-hydrogen) atoms. The van der Waals surface area contributed by atoms with Gasteiger partial charge in [-0.05, 0) is 38.3 Å². The summed E-state index contributed by atoms with van der Waals surface area (Å²) >= 11 is 0. The Morgan fingerprint density at radius 2 is 2.22 bits per heavy atom. The molecule has 0 saturated carbocycles. The number of fused-ring (bicyclic) bond motifs is 1. The number of nitrogens with zero attached hydrogens (tertiary/aromatic N) is 2. The molecule has 124 valence electrons. The van der Waals surface area contributed by atoms with Gasteiger partial charge in [0, 0.05) is 25.6 Å². The number of rotatable bonds is 5. The molecule has 2 aromatic rings. The number of aryl methyl sites for hydroxylation is 1. The van der Waals surface area contributed by atoms with Gasteiger partial charge in [0.2, 0.25) is 5.91 Å². The quantitative estimate of drug-likeness (QED) is 0.911. The summed E-state index contributed by atoms with van der Waals surface area (Å²) in [6.07, 6.45) is 2.37. The maximum absolute atomic E-state index is 12.5. The molecular weight excluding hydrogens is 296 g/mol. The predicted octanol–water partition coefficient (Wildman–Crippen LogP) is 1.75. The molecule has 6 heteroatoms. The minimum absolute atomic E-state index is 0.0327. The molecule has 1 aromatic carbocycles. The van der Waals surface area contributed by atoms with E-state index < -0.39 is 11.9 Å². The molecule has 0 radical (unpaired) electrons. The molecule has 1 N–H and O–H groups in total. The van der Waals surface area contributed by atoms with Gasteiger partial charge in [-0.1, -0.05) is 12.1 Å². The highest BCUT2D eigenvalue weighted by molar-refractivity contribution is 5.77. The molecule has 0 aliphatic carbocycles. The van der Waals surface area contributed by atoms with Crippen molar-refractivity contribution in [3.63, 3.8) is 0 Å². The number of amides is 1. The van der Waals surface area contributed by atoms with Crippen LogP contribution in [-0.2, 0) is 11.3 Å². The normalized spacial score (nSPS) is 19.4. The molecule has 2 unspecified atom stereocenters. The fourth-order valence-electron chi connectivity index (χ4n) is 3.38. The van der Waals surface area contributed by atoms with Crippen LogP contribution in [0.15, 0.2) is 33.5 Å². The second kappa shape index (κ2) is 6.58. The first-order valence-corrected chi connectivity index (χ1v) is 8.12. The molecule has 1 aromatic heterocycles. The van der Waals surface area contributed by atoms with Gasteiger partial charge >= 0.3 is 5.76 Å². The first-order chi connectivity index (χ1) is 11.1. The second-order valence-corrected chi connectivity index (χ2v) is 6.21. The van der Waals surface area contributed by atoms with E-state index in [1.165, 1.54) is 4.57 Å². The van der Waals surface area contributed by atoms with Crippen molar-refractivity contribution in [2.24, 2.45) is 0 Å². The fourth-order valence-corrected chi connectivity index (χ4v) is 3.38. The number of carbonyl (C=O) groups excluding carboxylic acids is 1. The number of aliphatic hydroxyl groups is 1. The average molecular weight is 318 g/mol. The molecule has 1 saturated heterocycles. The van der Waals surface area contributed by atoms with Crippen molar-refractivity contribution in [2.45, 2.75) is 51.3 Å². The van der Waals surface area contributed by atoms with Crippen molar-refractivity contribution in [2.75, 3.05) is 6.54 Å². The van der Waals surface area contributed by atoms with Crippen molar-refractivity contribution in [1.82, 2.24) is 9.47 Å². The van der Waals surface area contributed by atoms with Crippen LogP contribution in [0.1, 0.15) is 32.6 Å². The third-order valence-corrected chi connectivity index (χ3v) is 4.43. The van der Waals surface area contributed by atoms with Crippen LogP contribution < -0.4 is 5.76 Å². The molecule has 0 bridgehead atoms. The van der Waals surface area contributed by atoms with E-state index in [1.54, 1.807) is 13.0 Å². The van der Waals surface area contributed by atoms with E-state index in [0.717, 1.165) is 19.4 Å². The van der Waals surface area contributed by atoms with E-state index >= 15 is 0 Å². The van der Waals surface area contributed by atoms with Gasteiger partial charge in [0.15, 0.2) is 5.58 Å². The fraction of sp³-hybridized carbons (Fsp3) is 0.529. The largest absolute Gasteiger partial charge is 0.419 e. The Kier molecular flexibility index (Phi) is 4.52. The van der Waals surface area contributed by atoms with E-state index in [-0.39, 0.29) is 18.4 Å². The van der Waals surface area contributed by atoms with Crippen LogP contribution in [0.5, 0.6) is 0 Å². The molecule has 3 rings (SSSR count). The molecule has 1 aliphatic rings. The minimum Gasteiger partial charge on any atom is -0.408 e. The summed E-state index contributed by atoms with van der Waals surface area (Å²) in [5.41, 5.74) is 1.25. The van der Waals surface area contributed by atoms with Crippen LogP contribution in [0.25, 0.3) is 11.1 Å². The van der Waals surface area contributed by atoms with E-state index in [2.05, 4.69) is 0 Å². The lowest BCUT2D eigenvalue weighted by Gasteiger charge is -2.25. The number of benzene rings is 1. The summed E-state index contributed by atoms with van der Waals surface area (Å²) in [6.45, 7) is 2.79. The summed E-state index contributed by atoms with van der Waals surface area (Å²) < 4.78 is 6.69. The number of hydrogen-bond donors (Lipinski definition) is 1. The zero-order chi connectivity index (χ0) is 16.4. The van der Waals surface area contributed by atoms with E-state index in [0.29, 0.717) is 24.1 Å². The van der Waals surface area contributed by atoms with Crippen LogP contribution in [-0.4, -0.2) is 39.2 Å². The third-order valence-electron chi connectivity index (χ3n) is 4.43. The standard InChI is InChI=1S/C17H22N2O4/c1-12(20)11-13-5-4-9-18(13)16(21)8-10-19-14-6-2-3-7-15(14)23-17(19)22/h2-3,6-7,12-13,20H,4-5,8-11H2,1H3. The Balaban J connectivity index is 1.68. The highest BCUT2D eigenvalue weighted by atomic mass is 16.4. The van der Waals surface area contributed by atoms with E-state index in [1.807, 2.05) is 23.1 Å². The topological polar surface area (TPSA) is 75.7 Å². The number of aromatic nitrogens is 1. The van der Waals surface area contributed by atoms with Gasteiger partial charge in [-0.3, -0.25) is 9.36 Å². The minimum atomic E-state index is -0.430. The smallest absolute Gasteiger partial charge is 0.408 e. The first-order valence-electron chi connectivity index (χ1n) is 8.12. The van der Waals surface area contributed by atoms with Crippen molar-refractivity contribution in [1.29, 1.82) is 0 Å². The molecule has 1 amide bonds. The van der Waals surface area contributed by atoms with Crippen LogP contribution in [0.4, 0.5) is 0 Å². The second-order valence-electron chi connectivity index (χ2n) is 6.21.